The van der Waals surface area contributed by atoms with Crippen molar-refractivity contribution in [2.24, 2.45) is 5.92 Å². The molecule has 0 fully saturated rings. The lowest BCUT2D eigenvalue weighted by Crippen LogP contribution is -2.04. The van der Waals surface area contributed by atoms with Gasteiger partial charge in [-0.05, 0) is 23.6 Å². The SMILES string of the molecule is C=Cc1cc(F)cc(OCC(C)C)c1. The van der Waals surface area contributed by atoms with Crippen molar-refractivity contribution < 1.29 is 9.13 Å². The first kappa shape index (κ1) is 10.8. The molecule has 1 nitrogen and oxygen atoms in total. The van der Waals surface area contributed by atoms with Crippen LogP contribution in [-0.4, -0.2) is 6.61 Å². The van der Waals surface area contributed by atoms with Crippen molar-refractivity contribution in [1.82, 2.24) is 0 Å². The Balaban J connectivity index is 2.76. The molecule has 1 aromatic rings. The predicted octanol–water partition coefficient (Wildman–Crippen LogP) is 3.50. The summed E-state index contributed by atoms with van der Waals surface area (Å²) in [6.07, 6.45) is 1.60. The normalized spacial score (nSPS) is 10.3. The quantitative estimate of drug-likeness (QED) is 0.712. The van der Waals surface area contributed by atoms with Gasteiger partial charge in [-0.2, -0.15) is 0 Å². The van der Waals surface area contributed by atoms with Crippen molar-refractivity contribution in [3.8, 4) is 5.75 Å². The third-order valence-electron chi connectivity index (χ3n) is 1.71. The summed E-state index contributed by atoms with van der Waals surface area (Å²) >= 11 is 0. The van der Waals surface area contributed by atoms with Gasteiger partial charge < -0.3 is 4.74 Å². The van der Waals surface area contributed by atoms with Crippen LogP contribution in [-0.2, 0) is 0 Å². The van der Waals surface area contributed by atoms with Gasteiger partial charge in [-0.3, -0.25) is 0 Å². The average molecular weight is 194 g/mol. The van der Waals surface area contributed by atoms with Gasteiger partial charge in [0.2, 0.25) is 0 Å². The zero-order valence-corrected chi connectivity index (χ0v) is 8.59. The fourth-order valence-electron chi connectivity index (χ4n) is 1.05. The van der Waals surface area contributed by atoms with Crippen molar-refractivity contribution in [2.75, 3.05) is 6.61 Å². The van der Waals surface area contributed by atoms with E-state index in [-0.39, 0.29) is 5.82 Å². The molecule has 0 spiro atoms. The van der Waals surface area contributed by atoms with Crippen LogP contribution in [0, 0.1) is 11.7 Å². The summed E-state index contributed by atoms with van der Waals surface area (Å²) in [5.41, 5.74) is 0.740. The van der Waals surface area contributed by atoms with Gasteiger partial charge in [0.25, 0.3) is 0 Å². The van der Waals surface area contributed by atoms with Crippen molar-refractivity contribution in [3.63, 3.8) is 0 Å². The van der Waals surface area contributed by atoms with E-state index in [1.54, 1.807) is 12.1 Å². The molecule has 0 atom stereocenters. The molecule has 1 aromatic carbocycles. The number of benzene rings is 1. The van der Waals surface area contributed by atoms with E-state index >= 15 is 0 Å². The van der Waals surface area contributed by atoms with Crippen molar-refractivity contribution in [2.45, 2.75) is 13.8 Å². The van der Waals surface area contributed by atoms with E-state index in [0.717, 1.165) is 5.56 Å². The van der Waals surface area contributed by atoms with Crippen LogP contribution >= 0.6 is 0 Å². The number of ether oxygens (including phenoxy) is 1. The standard InChI is InChI=1S/C12H15FO/c1-4-10-5-11(13)7-12(6-10)14-8-9(2)3/h4-7,9H,1,8H2,2-3H3. The molecule has 0 aromatic heterocycles. The van der Waals surface area contributed by atoms with Crippen molar-refractivity contribution >= 4 is 6.08 Å². The highest BCUT2D eigenvalue weighted by atomic mass is 19.1. The number of hydrogen-bond donors (Lipinski definition) is 0. The van der Waals surface area contributed by atoms with Gasteiger partial charge in [-0.1, -0.05) is 26.5 Å². The van der Waals surface area contributed by atoms with Crippen LogP contribution < -0.4 is 4.74 Å². The van der Waals surface area contributed by atoms with E-state index in [4.69, 9.17) is 4.74 Å². The van der Waals surface area contributed by atoms with Crippen molar-refractivity contribution in [3.05, 3.63) is 36.2 Å². The molecule has 0 N–H and O–H groups in total. The summed E-state index contributed by atoms with van der Waals surface area (Å²) in [5, 5.41) is 0. The van der Waals surface area contributed by atoms with E-state index in [0.29, 0.717) is 18.3 Å². The minimum Gasteiger partial charge on any atom is -0.493 e. The van der Waals surface area contributed by atoms with Crippen LogP contribution in [0.3, 0.4) is 0 Å². The molecule has 0 heterocycles. The molecular formula is C12H15FO. The second kappa shape index (κ2) is 4.80. The molecule has 0 aliphatic carbocycles. The molecule has 1 rings (SSSR count). The number of halogens is 1. The van der Waals surface area contributed by atoms with Gasteiger partial charge >= 0.3 is 0 Å². The summed E-state index contributed by atoms with van der Waals surface area (Å²) in [6, 6.07) is 4.59. The molecule has 0 saturated carbocycles. The zero-order valence-electron chi connectivity index (χ0n) is 8.59. The first-order chi connectivity index (χ1) is 6.61. The number of rotatable bonds is 4. The summed E-state index contributed by atoms with van der Waals surface area (Å²) in [7, 11) is 0. The molecule has 2 heteroatoms. The van der Waals surface area contributed by atoms with Crippen molar-refractivity contribution in [1.29, 1.82) is 0 Å². The Labute approximate surface area is 84.2 Å². The van der Waals surface area contributed by atoms with E-state index in [2.05, 4.69) is 6.58 Å². The summed E-state index contributed by atoms with van der Waals surface area (Å²) in [5.74, 6) is 0.709. The second-order valence-electron chi connectivity index (χ2n) is 3.63. The molecule has 0 aliphatic rings. The second-order valence-corrected chi connectivity index (χ2v) is 3.63. The molecule has 0 unspecified atom stereocenters. The summed E-state index contributed by atoms with van der Waals surface area (Å²) < 4.78 is 18.4. The van der Waals surface area contributed by atoms with E-state index in [9.17, 15) is 4.39 Å². The van der Waals surface area contributed by atoms with Gasteiger partial charge in [0.15, 0.2) is 0 Å². The largest absolute Gasteiger partial charge is 0.493 e. The molecule has 0 aliphatic heterocycles. The van der Waals surface area contributed by atoms with E-state index in [1.165, 1.54) is 12.1 Å². The number of hydrogen-bond acceptors (Lipinski definition) is 1. The van der Waals surface area contributed by atoms with Gasteiger partial charge in [0.1, 0.15) is 11.6 Å². The third kappa shape index (κ3) is 3.21. The lowest BCUT2D eigenvalue weighted by molar-refractivity contribution is 0.270. The van der Waals surface area contributed by atoms with Gasteiger partial charge in [-0.25, -0.2) is 4.39 Å². The maximum absolute atomic E-state index is 13.0. The minimum absolute atomic E-state index is 0.291. The predicted molar refractivity (Wildman–Crippen MR) is 56.8 cm³/mol. The van der Waals surface area contributed by atoms with E-state index < -0.39 is 0 Å². The Morgan fingerprint density at radius 3 is 2.71 bits per heavy atom. The molecule has 0 amide bonds. The lowest BCUT2D eigenvalue weighted by Gasteiger charge is -2.09. The Hall–Kier alpha value is -1.31. The molecule has 14 heavy (non-hydrogen) atoms. The Morgan fingerprint density at radius 1 is 1.43 bits per heavy atom. The Kier molecular flexibility index (Phi) is 3.69. The molecular weight excluding hydrogens is 179 g/mol. The summed E-state index contributed by atoms with van der Waals surface area (Å²) in [6.45, 7) is 8.28. The topological polar surface area (TPSA) is 9.23 Å². The monoisotopic (exact) mass is 194 g/mol. The maximum atomic E-state index is 13.0. The third-order valence-corrected chi connectivity index (χ3v) is 1.71. The summed E-state index contributed by atoms with van der Waals surface area (Å²) in [4.78, 5) is 0. The minimum atomic E-state index is -0.291. The molecule has 0 radical (unpaired) electrons. The Bertz CT molecular complexity index is 318. The highest BCUT2D eigenvalue weighted by Crippen LogP contribution is 2.17. The van der Waals surface area contributed by atoms with Crippen LogP contribution in [0.2, 0.25) is 0 Å². The maximum Gasteiger partial charge on any atom is 0.127 e. The van der Waals surface area contributed by atoms with Crippen LogP contribution in [0.1, 0.15) is 19.4 Å². The first-order valence-electron chi connectivity index (χ1n) is 4.67. The zero-order chi connectivity index (χ0) is 10.6. The van der Waals surface area contributed by atoms with Crippen LogP contribution in [0.25, 0.3) is 6.08 Å². The molecule has 76 valence electrons. The van der Waals surface area contributed by atoms with E-state index in [1.807, 2.05) is 13.8 Å². The van der Waals surface area contributed by atoms with Crippen LogP contribution in [0.15, 0.2) is 24.8 Å². The highest BCUT2D eigenvalue weighted by molar-refractivity contribution is 5.49. The first-order valence-corrected chi connectivity index (χ1v) is 4.67. The Morgan fingerprint density at radius 2 is 2.14 bits per heavy atom. The van der Waals surface area contributed by atoms with Gasteiger partial charge in [0, 0.05) is 6.07 Å². The lowest BCUT2D eigenvalue weighted by atomic mass is 10.2. The average Bonchev–Trinajstić information content (AvgIpc) is 2.14. The van der Waals surface area contributed by atoms with Gasteiger partial charge in [-0.15, -0.1) is 0 Å². The molecule has 0 saturated heterocycles. The fourth-order valence-corrected chi connectivity index (χ4v) is 1.05. The highest BCUT2D eigenvalue weighted by Gasteiger charge is 2.01. The fraction of sp³-hybridized carbons (Fsp3) is 0.333. The van der Waals surface area contributed by atoms with Gasteiger partial charge in [0.05, 0.1) is 6.61 Å². The van der Waals surface area contributed by atoms with Crippen LogP contribution in [0.5, 0.6) is 5.75 Å². The molecule has 0 bridgehead atoms. The van der Waals surface area contributed by atoms with Crippen LogP contribution in [0.4, 0.5) is 4.39 Å². The smallest absolute Gasteiger partial charge is 0.127 e.